The Kier molecular flexibility index (Phi) is 4.56. The van der Waals surface area contributed by atoms with Crippen molar-refractivity contribution >= 4 is 22.4 Å². The van der Waals surface area contributed by atoms with Gasteiger partial charge in [0.2, 0.25) is 18.1 Å². The van der Waals surface area contributed by atoms with Crippen molar-refractivity contribution in [1.82, 2.24) is 15.1 Å². The Labute approximate surface area is 149 Å². The molecule has 1 aliphatic carbocycles. The second kappa shape index (κ2) is 7.14. The van der Waals surface area contributed by atoms with E-state index in [4.69, 9.17) is 4.52 Å². The van der Waals surface area contributed by atoms with Crippen molar-refractivity contribution in [2.45, 2.75) is 32.1 Å². The number of nitrogens with zero attached hydrogens (tertiary/aromatic N) is 3. The summed E-state index contributed by atoms with van der Waals surface area (Å²) in [6, 6.07) is 9.81. The lowest BCUT2D eigenvalue weighted by Crippen LogP contribution is -2.14. The summed E-state index contributed by atoms with van der Waals surface area (Å²) in [5.74, 6) is 1.01. The first-order valence-electron chi connectivity index (χ1n) is 8.42. The van der Waals surface area contributed by atoms with Crippen molar-refractivity contribution < 1.29 is 9.32 Å². The van der Waals surface area contributed by atoms with Gasteiger partial charge in [0.15, 0.2) is 5.13 Å². The average Bonchev–Trinajstić information content (AvgIpc) is 3.37. The first-order valence-corrected chi connectivity index (χ1v) is 9.24. The predicted molar refractivity (Wildman–Crippen MR) is 96.0 cm³/mol. The molecule has 7 heteroatoms. The molecule has 1 fully saturated rings. The van der Waals surface area contributed by atoms with Crippen LogP contribution in [0.3, 0.4) is 0 Å². The molecule has 2 aromatic heterocycles. The maximum absolute atomic E-state index is 12.3. The van der Waals surface area contributed by atoms with E-state index in [9.17, 15) is 4.79 Å². The summed E-state index contributed by atoms with van der Waals surface area (Å²) in [5, 5.41) is 7.43. The van der Waals surface area contributed by atoms with Crippen molar-refractivity contribution in [2.24, 2.45) is 5.92 Å². The molecule has 0 radical (unpaired) electrons. The van der Waals surface area contributed by atoms with Gasteiger partial charge in [-0.05, 0) is 18.8 Å². The van der Waals surface area contributed by atoms with Crippen LogP contribution >= 0.6 is 11.3 Å². The summed E-state index contributed by atoms with van der Waals surface area (Å²) in [6.07, 6.45) is 6.62. The predicted octanol–water partition coefficient (Wildman–Crippen LogP) is 4.38. The SMILES string of the molecule is O=C(CC1CCCC1)Nc1nc(-c2ccccc2)c(-c2ncon2)s1. The molecule has 1 aliphatic rings. The molecule has 1 N–H and O–H groups in total. The number of anilines is 1. The van der Waals surface area contributed by atoms with E-state index in [1.54, 1.807) is 0 Å². The van der Waals surface area contributed by atoms with E-state index in [-0.39, 0.29) is 5.91 Å². The second-order valence-corrected chi connectivity index (χ2v) is 7.22. The van der Waals surface area contributed by atoms with Crippen LogP contribution in [0.5, 0.6) is 0 Å². The van der Waals surface area contributed by atoms with Gasteiger partial charge in [0.1, 0.15) is 4.88 Å². The Hall–Kier alpha value is -2.54. The average molecular weight is 354 g/mol. The maximum Gasteiger partial charge on any atom is 0.226 e. The molecule has 2 heterocycles. The topological polar surface area (TPSA) is 80.9 Å². The lowest BCUT2D eigenvalue weighted by atomic mass is 10.0. The van der Waals surface area contributed by atoms with Gasteiger partial charge in [0, 0.05) is 12.0 Å². The van der Waals surface area contributed by atoms with Crippen molar-refractivity contribution in [1.29, 1.82) is 0 Å². The third-order valence-corrected chi connectivity index (χ3v) is 5.40. The molecule has 0 unspecified atom stereocenters. The van der Waals surface area contributed by atoms with Crippen LogP contribution in [0.2, 0.25) is 0 Å². The zero-order chi connectivity index (χ0) is 17.1. The Bertz CT molecular complexity index is 839. The first-order chi connectivity index (χ1) is 12.3. The lowest BCUT2D eigenvalue weighted by Gasteiger charge is -2.07. The van der Waals surface area contributed by atoms with Crippen LogP contribution in [-0.2, 0) is 4.79 Å². The van der Waals surface area contributed by atoms with Gasteiger partial charge in [-0.25, -0.2) is 4.98 Å². The molecular weight excluding hydrogens is 336 g/mol. The van der Waals surface area contributed by atoms with E-state index in [1.165, 1.54) is 30.6 Å². The zero-order valence-corrected chi connectivity index (χ0v) is 14.5. The minimum atomic E-state index is 0.0277. The second-order valence-electron chi connectivity index (χ2n) is 6.22. The van der Waals surface area contributed by atoms with Gasteiger partial charge in [-0.15, -0.1) is 0 Å². The normalized spacial score (nSPS) is 14.7. The van der Waals surface area contributed by atoms with Crippen LogP contribution in [0.1, 0.15) is 32.1 Å². The Balaban J connectivity index is 1.59. The molecule has 0 atom stereocenters. The van der Waals surface area contributed by atoms with E-state index < -0.39 is 0 Å². The van der Waals surface area contributed by atoms with Gasteiger partial charge >= 0.3 is 0 Å². The fourth-order valence-corrected chi connectivity index (χ4v) is 4.17. The molecule has 6 nitrogen and oxygen atoms in total. The third-order valence-electron chi connectivity index (χ3n) is 4.43. The molecule has 25 heavy (non-hydrogen) atoms. The Morgan fingerprint density at radius 1 is 1.24 bits per heavy atom. The molecule has 4 rings (SSSR count). The van der Waals surface area contributed by atoms with Gasteiger partial charge in [-0.2, -0.15) is 4.98 Å². The number of carbonyl (C=O) groups is 1. The van der Waals surface area contributed by atoms with Crippen LogP contribution in [0.15, 0.2) is 41.2 Å². The smallest absolute Gasteiger partial charge is 0.226 e. The number of amides is 1. The van der Waals surface area contributed by atoms with E-state index in [2.05, 4.69) is 20.4 Å². The number of aromatic nitrogens is 3. The molecule has 128 valence electrons. The standard InChI is InChI=1S/C18H18N4O2S/c23-14(10-12-6-4-5-7-12)20-18-21-15(13-8-2-1-3-9-13)16(25-18)17-19-11-24-22-17/h1-3,8-9,11-12H,4-7,10H2,(H,20,21,23). The third kappa shape index (κ3) is 3.61. The van der Waals surface area contributed by atoms with Crippen molar-refractivity contribution in [3.8, 4) is 22.0 Å². The van der Waals surface area contributed by atoms with Gasteiger partial charge in [-0.1, -0.05) is 59.7 Å². The monoisotopic (exact) mass is 354 g/mol. The molecule has 1 saturated carbocycles. The highest BCUT2D eigenvalue weighted by atomic mass is 32.1. The highest BCUT2D eigenvalue weighted by Crippen LogP contribution is 2.37. The highest BCUT2D eigenvalue weighted by Gasteiger charge is 2.22. The Morgan fingerprint density at radius 3 is 2.76 bits per heavy atom. The molecule has 1 amide bonds. The number of hydrogen-bond donors (Lipinski definition) is 1. The Morgan fingerprint density at radius 2 is 2.04 bits per heavy atom. The summed E-state index contributed by atoms with van der Waals surface area (Å²) in [5.41, 5.74) is 1.71. The molecule has 0 spiro atoms. The molecule has 0 aliphatic heterocycles. The lowest BCUT2D eigenvalue weighted by molar-refractivity contribution is -0.117. The van der Waals surface area contributed by atoms with E-state index >= 15 is 0 Å². The minimum Gasteiger partial charge on any atom is -0.342 e. The van der Waals surface area contributed by atoms with Gasteiger partial charge in [-0.3, -0.25) is 4.79 Å². The number of rotatable bonds is 5. The van der Waals surface area contributed by atoms with Crippen LogP contribution in [0.4, 0.5) is 5.13 Å². The van der Waals surface area contributed by atoms with Crippen molar-refractivity contribution in [2.75, 3.05) is 5.32 Å². The van der Waals surface area contributed by atoms with Gasteiger partial charge in [0.25, 0.3) is 0 Å². The fraction of sp³-hybridized carbons (Fsp3) is 0.333. The molecular formula is C18H18N4O2S. The number of hydrogen-bond acceptors (Lipinski definition) is 6. The number of carbonyl (C=O) groups excluding carboxylic acids is 1. The molecule has 0 saturated heterocycles. The van der Waals surface area contributed by atoms with E-state index in [0.29, 0.717) is 23.3 Å². The summed E-state index contributed by atoms with van der Waals surface area (Å²) in [6.45, 7) is 0. The van der Waals surface area contributed by atoms with Crippen LogP contribution in [0.25, 0.3) is 22.0 Å². The van der Waals surface area contributed by atoms with Crippen molar-refractivity contribution in [3.63, 3.8) is 0 Å². The van der Waals surface area contributed by atoms with Gasteiger partial charge < -0.3 is 9.84 Å². The van der Waals surface area contributed by atoms with E-state index in [1.807, 2.05) is 30.3 Å². The quantitative estimate of drug-likeness (QED) is 0.735. The molecule has 3 aromatic rings. The largest absolute Gasteiger partial charge is 0.342 e. The van der Waals surface area contributed by atoms with E-state index in [0.717, 1.165) is 29.0 Å². The molecule has 0 bridgehead atoms. The van der Waals surface area contributed by atoms with Crippen molar-refractivity contribution in [3.05, 3.63) is 36.7 Å². The highest BCUT2D eigenvalue weighted by molar-refractivity contribution is 7.19. The summed E-state index contributed by atoms with van der Waals surface area (Å²) in [4.78, 5) is 21.8. The number of thiazole rings is 1. The summed E-state index contributed by atoms with van der Waals surface area (Å²) >= 11 is 1.37. The fourth-order valence-electron chi connectivity index (χ4n) is 3.23. The van der Waals surface area contributed by atoms with Crippen LogP contribution < -0.4 is 5.32 Å². The number of nitrogens with one attached hydrogen (secondary N) is 1. The summed E-state index contributed by atoms with van der Waals surface area (Å²) < 4.78 is 4.87. The number of benzene rings is 1. The van der Waals surface area contributed by atoms with Crippen LogP contribution in [-0.4, -0.2) is 21.0 Å². The zero-order valence-electron chi connectivity index (χ0n) is 13.6. The molecule has 1 aromatic carbocycles. The maximum atomic E-state index is 12.3. The van der Waals surface area contributed by atoms with Crippen LogP contribution in [0, 0.1) is 5.92 Å². The van der Waals surface area contributed by atoms with Gasteiger partial charge in [0.05, 0.1) is 5.69 Å². The summed E-state index contributed by atoms with van der Waals surface area (Å²) in [7, 11) is 0. The minimum absolute atomic E-state index is 0.0277. The first kappa shape index (κ1) is 16.0.